The van der Waals surface area contributed by atoms with Crippen LogP contribution in [0.5, 0.6) is 5.75 Å². The van der Waals surface area contributed by atoms with Crippen molar-refractivity contribution >= 4 is 18.4 Å². The van der Waals surface area contributed by atoms with Crippen molar-refractivity contribution in [3.63, 3.8) is 0 Å². The molecule has 128 valence electrons. The van der Waals surface area contributed by atoms with Crippen molar-refractivity contribution in [1.82, 2.24) is 14.9 Å². The molecule has 2 N–H and O–H groups in total. The topological polar surface area (TPSA) is 67.2 Å². The highest BCUT2D eigenvalue weighted by molar-refractivity contribution is 7.71. The zero-order valence-corrected chi connectivity index (χ0v) is 14.9. The highest BCUT2D eigenvalue weighted by atomic mass is 32.1. The second-order valence-electron chi connectivity index (χ2n) is 5.41. The predicted molar refractivity (Wildman–Crippen MR) is 102 cm³/mol. The number of hydrogen-bond donors (Lipinski definition) is 2. The third kappa shape index (κ3) is 4.13. The molecule has 0 fully saturated rings. The van der Waals surface area contributed by atoms with E-state index in [-0.39, 0.29) is 0 Å². The van der Waals surface area contributed by atoms with E-state index in [0.29, 0.717) is 17.2 Å². The molecule has 0 aliphatic carbocycles. The maximum Gasteiger partial charge on any atom is 0.216 e. The molecule has 25 heavy (non-hydrogen) atoms. The average Bonchev–Trinajstić information content (AvgIpc) is 2.99. The van der Waals surface area contributed by atoms with Crippen molar-refractivity contribution in [3.8, 4) is 17.1 Å². The van der Waals surface area contributed by atoms with Gasteiger partial charge in [0.2, 0.25) is 4.77 Å². The summed E-state index contributed by atoms with van der Waals surface area (Å²) >= 11 is 5.27. The minimum atomic E-state index is 0.435. The van der Waals surface area contributed by atoms with Gasteiger partial charge in [-0.1, -0.05) is 29.8 Å². The monoisotopic (exact) mass is 353 g/mol. The number of rotatable bonds is 6. The van der Waals surface area contributed by atoms with Gasteiger partial charge in [-0.15, -0.1) is 0 Å². The van der Waals surface area contributed by atoms with Gasteiger partial charge >= 0.3 is 0 Å². The molecule has 6 nitrogen and oxygen atoms in total. The van der Waals surface area contributed by atoms with E-state index >= 15 is 0 Å². The lowest BCUT2D eigenvalue weighted by molar-refractivity contribution is 0.340. The lowest BCUT2D eigenvalue weighted by atomic mass is 10.2. The van der Waals surface area contributed by atoms with Gasteiger partial charge in [-0.05, 0) is 55.9 Å². The Kier molecular flexibility index (Phi) is 5.25. The first-order valence-electron chi connectivity index (χ1n) is 7.94. The highest BCUT2D eigenvalue weighted by Crippen LogP contribution is 2.20. The summed E-state index contributed by atoms with van der Waals surface area (Å²) in [6.07, 6.45) is 1.73. The van der Waals surface area contributed by atoms with Crippen molar-refractivity contribution in [1.29, 1.82) is 0 Å². The summed E-state index contributed by atoms with van der Waals surface area (Å²) < 4.78 is 7.52. The van der Waals surface area contributed by atoms with Crippen LogP contribution in [0.4, 0.5) is 0 Å². The Morgan fingerprint density at radius 2 is 1.92 bits per heavy atom. The number of hydrogen-bond acceptors (Lipinski definition) is 5. The lowest BCUT2D eigenvalue weighted by Gasteiger charge is -2.07. The Bertz CT molecular complexity index is 910. The molecule has 0 unspecified atom stereocenters. The van der Waals surface area contributed by atoms with Crippen molar-refractivity contribution in [3.05, 3.63) is 64.4 Å². The first kappa shape index (κ1) is 16.9. The van der Waals surface area contributed by atoms with Gasteiger partial charge in [0, 0.05) is 5.56 Å². The summed E-state index contributed by atoms with van der Waals surface area (Å²) in [5.41, 5.74) is 6.02. The van der Waals surface area contributed by atoms with Crippen LogP contribution in [-0.2, 0) is 0 Å². The maximum atomic E-state index is 5.46. The molecule has 1 heterocycles. The number of aryl methyl sites for hydroxylation is 1. The second kappa shape index (κ2) is 7.76. The molecular weight excluding hydrogens is 334 g/mol. The molecule has 7 heteroatoms. The van der Waals surface area contributed by atoms with E-state index in [9.17, 15) is 0 Å². The van der Waals surface area contributed by atoms with Crippen molar-refractivity contribution in [2.45, 2.75) is 13.8 Å². The van der Waals surface area contributed by atoms with Crippen molar-refractivity contribution in [2.75, 3.05) is 12.1 Å². The maximum absolute atomic E-state index is 5.46. The fourth-order valence-electron chi connectivity index (χ4n) is 2.26. The third-order valence-corrected chi connectivity index (χ3v) is 3.82. The van der Waals surface area contributed by atoms with Gasteiger partial charge in [-0.2, -0.15) is 14.9 Å². The molecule has 0 aliphatic heterocycles. The number of nitrogens with one attached hydrogen (secondary N) is 2. The van der Waals surface area contributed by atoms with E-state index in [2.05, 4.69) is 20.8 Å². The van der Waals surface area contributed by atoms with Crippen LogP contribution >= 0.6 is 12.2 Å². The lowest BCUT2D eigenvalue weighted by Crippen LogP contribution is -2.10. The van der Waals surface area contributed by atoms with Gasteiger partial charge in [0.25, 0.3) is 0 Å². The Labute approximate surface area is 151 Å². The predicted octanol–water partition coefficient (Wildman–Crippen LogP) is 3.89. The smallest absolute Gasteiger partial charge is 0.216 e. The summed E-state index contributed by atoms with van der Waals surface area (Å²) in [5.74, 6) is 1.46. The van der Waals surface area contributed by atoms with Crippen molar-refractivity contribution < 1.29 is 4.74 Å². The molecule has 0 radical (unpaired) electrons. The molecule has 0 amide bonds. The van der Waals surface area contributed by atoms with Crippen LogP contribution in [0.15, 0.2) is 53.6 Å². The molecule has 0 atom stereocenters. The Morgan fingerprint density at radius 3 is 2.60 bits per heavy atom. The van der Waals surface area contributed by atoms with Gasteiger partial charge < -0.3 is 4.74 Å². The summed E-state index contributed by atoms with van der Waals surface area (Å²) in [7, 11) is 0. The molecular formula is C18H19N5OS. The Morgan fingerprint density at radius 1 is 1.20 bits per heavy atom. The molecule has 3 rings (SSSR count). The Hall–Kier alpha value is -2.93. The second-order valence-corrected chi connectivity index (χ2v) is 5.80. The van der Waals surface area contributed by atoms with E-state index < -0.39 is 0 Å². The standard InChI is InChI=1S/C18H19N5OS/c1-3-24-16-10-8-15(9-11-16)17-20-21-18(25)23(17)22-19-12-14-6-4-13(2)5-7-14/h4-12,22H,3H2,1-2H3,(H,21,25)/b19-12+. The van der Waals surface area contributed by atoms with E-state index in [1.165, 1.54) is 5.56 Å². The van der Waals surface area contributed by atoms with E-state index in [0.717, 1.165) is 16.9 Å². The molecule has 1 aromatic heterocycles. The van der Waals surface area contributed by atoms with Gasteiger partial charge in [-0.25, -0.2) is 10.6 Å². The van der Waals surface area contributed by atoms with Gasteiger partial charge in [-0.3, -0.25) is 0 Å². The first-order valence-corrected chi connectivity index (χ1v) is 8.34. The fraction of sp³-hybridized carbons (Fsp3) is 0.167. The molecule has 0 saturated heterocycles. The van der Waals surface area contributed by atoms with E-state index in [1.54, 1.807) is 10.9 Å². The normalized spacial score (nSPS) is 11.0. The van der Waals surface area contributed by atoms with Gasteiger partial charge in [0.1, 0.15) is 5.75 Å². The molecule has 0 spiro atoms. The van der Waals surface area contributed by atoms with Gasteiger partial charge in [0.15, 0.2) is 5.82 Å². The molecule has 0 bridgehead atoms. The molecule has 0 aliphatic rings. The summed E-state index contributed by atoms with van der Waals surface area (Å²) in [4.78, 5) is 0. The summed E-state index contributed by atoms with van der Waals surface area (Å²) in [5, 5.41) is 11.3. The van der Waals surface area contributed by atoms with Crippen LogP contribution in [0.1, 0.15) is 18.1 Å². The molecule has 0 saturated carbocycles. The molecule has 2 aromatic carbocycles. The summed E-state index contributed by atoms with van der Waals surface area (Å²) in [6, 6.07) is 15.7. The fourth-order valence-corrected chi connectivity index (χ4v) is 2.44. The number of aromatic amines is 1. The number of hydrazone groups is 1. The minimum Gasteiger partial charge on any atom is -0.494 e. The SMILES string of the molecule is CCOc1ccc(-c2n[nH]c(=S)n2N/N=C/c2ccc(C)cc2)cc1. The zero-order chi connectivity index (χ0) is 17.6. The highest BCUT2D eigenvalue weighted by Gasteiger charge is 2.08. The van der Waals surface area contributed by atoms with Crippen LogP contribution in [0, 0.1) is 11.7 Å². The zero-order valence-electron chi connectivity index (χ0n) is 14.1. The minimum absolute atomic E-state index is 0.435. The number of aromatic nitrogens is 3. The van der Waals surface area contributed by atoms with E-state index in [1.807, 2.05) is 62.4 Å². The number of ether oxygens (including phenoxy) is 1. The van der Waals surface area contributed by atoms with Crippen LogP contribution in [-0.4, -0.2) is 27.7 Å². The third-order valence-electron chi connectivity index (χ3n) is 3.54. The van der Waals surface area contributed by atoms with Crippen LogP contribution in [0.2, 0.25) is 0 Å². The van der Waals surface area contributed by atoms with Crippen LogP contribution < -0.4 is 10.3 Å². The number of H-pyrrole nitrogens is 1. The largest absolute Gasteiger partial charge is 0.494 e. The average molecular weight is 353 g/mol. The first-order chi connectivity index (χ1) is 12.2. The van der Waals surface area contributed by atoms with E-state index in [4.69, 9.17) is 17.0 Å². The quantitative estimate of drug-likeness (QED) is 0.401. The summed E-state index contributed by atoms with van der Waals surface area (Å²) in [6.45, 7) is 4.63. The van der Waals surface area contributed by atoms with Crippen LogP contribution in [0.3, 0.4) is 0 Å². The molecule has 3 aromatic rings. The van der Waals surface area contributed by atoms with Crippen LogP contribution in [0.25, 0.3) is 11.4 Å². The number of benzene rings is 2. The Balaban J connectivity index is 1.79. The van der Waals surface area contributed by atoms with Crippen molar-refractivity contribution in [2.24, 2.45) is 5.10 Å². The van der Waals surface area contributed by atoms with Gasteiger partial charge in [0.05, 0.1) is 12.8 Å². The number of nitrogens with zero attached hydrogens (tertiary/aromatic N) is 3.